The highest BCUT2D eigenvalue weighted by atomic mass is 35.5. The molecule has 1 unspecified atom stereocenters. The van der Waals surface area contributed by atoms with Gasteiger partial charge in [0, 0.05) is 30.5 Å². The summed E-state index contributed by atoms with van der Waals surface area (Å²) in [5.41, 5.74) is 7.42. The molecule has 0 saturated carbocycles. The Hall–Kier alpha value is -0.680. The van der Waals surface area contributed by atoms with Gasteiger partial charge in [-0.2, -0.15) is 0 Å². The fourth-order valence-electron chi connectivity index (χ4n) is 1.76. The number of aliphatic carboxylic acids is 1. The highest BCUT2D eigenvalue weighted by Gasteiger charge is 2.12. The molecule has 0 radical (unpaired) electrons. The molecule has 1 aromatic carbocycles. The van der Waals surface area contributed by atoms with E-state index in [0.29, 0.717) is 18.2 Å². The molecular weight excluding hydrogens is 323 g/mol. The lowest BCUT2D eigenvalue weighted by Gasteiger charge is -2.23. The van der Waals surface area contributed by atoms with Crippen LogP contribution in [0.3, 0.4) is 0 Å². The molecule has 114 valence electrons. The summed E-state index contributed by atoms with van der Waals surface area (Å²) in [6, 6.07) is 6.76. The van der Waals surface area contributed by atoms with Gasteiger partial charge in [0.2, 0.25) is 0 Å². The molecule has 0 amide bonds. The highest BCUT2D eigenvalue weighted by Crippen LogP contribution is 2.16. The van der Waals surface area contributed by atoms with Crippen molar-refractivity contribution < 1.29 is 22.3 Å². The summed E-state index contributed by atoms with van der Waals surface area (Å²) in [7, 11) is 0. The Labute approximate surface area is 135 Å². The normalized spacial score (nSPS) is 11.6. The first kappa shape index (κ1) is 19.3. The molecule has 0 heterocycles. The van der Waals surface area contributed by atoms with Crippen molar-refractivity contribution in [3.05, 3.63) is 29.8 Å². The minimum atomic E-state index is -0.991. The number of hydrogen-bond acceptors (Lipinski definition) is 3. The first-order valence-corrected chi connectivity index (χ1v) is 7.09. The minimum absolute atomic E-state index is 0. The van der Waals surface area contributed by atoms with E-state index in [4.69, 9.17) is 34.0 Å². The Morgan fingerprint density at radius 3 is 2.10 bits per heavy atom. The van der Waals surface area contributed by atoms with Gasteiger partial charge in [-0.3, -0.25) is 4.79 Å². The smallest absolute Gasteiger partial charge is 0.320 e. The molecule has 0 aliphatic rings. The summed E-state index contributed by atoms with van der Waals surface area (Å²) < 4.78 is 0. The monoisotopic (exact) mass is 339 g/mol. The number of carboxylic acid groups (broad SMARTS) is 1. The fourth-order valence-corrected chi connectivity index (χ4v) is 2.17. The molecule has 1 aromatic rings. The van der Waals surface area contributed by atoms with Gasteiger partial charge in [-0.05, 0) is 24.1 Å². The summed E-state index contributed by atoms with van der Waals surface area (Å²) in [5.74, 6) is 0.0698. The Bertz CT molecular complexity index is 395. The van der Waals surface area contributed by atoms with Crippen molar-refractivity contribution in [3.63, 3.8) is 0 Å². The number of halogens is 3. The number of anilines is 1. The second kappa shape index (κ2) is 10.1. The fraction of sp³-hybridized carbons (Fsp3) is 0.462. The van der Waals surface area contributed by atoms with E-state index in [9.17, 15) is 4.79 Å². The van der Waals surface area contributed by atoms with Gasteiger partial charge in [0.25, 0.3) is 0 Å². The van der Waals surface area contributed by atoms with Crippen LogP contribution in [-0.4, -0.2) is 42.0 Å². The van der Waals surface area contributed by atoms with Gasteiger partial charge in [-0.25, -0.2) is 0 Å². The van der Waals surface area contributed by atoms with Crippen molar-refractivity contribution in [3.8, 4) is 0 Å². The molecule has 0 aromatic heterocycles. The van der Waals surface area contributed by atoms with Crippen molar-refractivity contribution in [1.82, 2.24) is 0 Å². The molecule has 4 nitrogen and oxygen atoms in total. The summed E-state index contributed by atoms with van der Waals surface area (Å²) >= 11 is 11.5. The summed E-state index contributed by atoms with van der Waals surface area (Å²) in [4.78, 5) is 12.8. The molecule has 3 N–H and O–H groups in total. The largest absolute Gasteiger partial charge is 1.00 e. The van der Waals surface area contributed by atoms with Crippen molar-refractivity contribution >= 4 is 34.9 Å². The van der Waals surface area contributed by atoms with Crippen LogP contribution in [-0.2, 0) is 11.2 Å². The van der Waals surface area contributed by atoms with E-state index >= 15 is 0 Å². The number of carbonyl (C=O) groups is 1. The zero-order valence-corrected chi connectivity index (χ0v) is 13.2. The number of rotatable bonds is 8. The molecular formula is C13H18Cl3N2O2-. The third kappa shape index (κ3) is 6.18. The predicted molar refractivity (Wildman–Crippen MR) is 79.4 cm³/mol. The topological polar surface area (TPSA) is 66.6 Å². The van der Waals surface area contributed by atoms with Crippen molar-refractivity contribution in [2.75, 3.05) is 29.7 Å². The molecule has 0 saturated heterocycles. The number of nitrogens with two attached hydrogens (primary N) is 1. The van der Waals surface area contributed by atoms with Gasteiger partial charge >= 0.3 is 5.97 Å². The maximum atomic E-state index is 10.7. The zero-order chi connectivity index (χ0) is 14.3. The van der Waals surface area contributed by atoms with Crippen molar-refractivity contribution in [2.24, 2.45) is 5.73 Å². The van der Waals surface area contributed by atoms with Gasteiger partial charge in [0.1, 0.15) is 6.04 Å². The van der Waals surface area contributed by atoms with E-state index in [1.54, 1.807) is 0 Å². The standard InChI is InChI=1S/C13H18Cl2N2O2.ClH/c14-5-7-17(8-6-15)11-3-1-10(2-4-11)9-12(16)13(18)19;/h1-4,12H,5-9,16H2,(H,18,19);1H/p-1. The molecule has 0 aliphatic carbocycles. The first-order valence-electron chi connectivity index (χ1n) is 6.02. The molecule has 0 aliphatic heterocycles. The van der Waals surface area contributed by atoms with Crippen LogP contribution in [0, 0.1) is 0 Å². The van der Waals surface area contributed by atoms with Crippen LogP contribution in [0.25, 0.3) is 0 Å². The third-order valence-electron chi connectivity index (χ3n) is 2.78. The average Bonchev–Trinajstić information content (AvgIpc) is 2.39. The number of hydrogen-bond donors (Lipinski definition) is 2. The van der Waals surface area contributed by atoms with Crippen LogP contribution >= 0.6 is 23.2 Å². The molecule has 1 atom stereocenters. The lowest BCUT2D eigenvalue weighted by atomic mass is 10.1. The molecule has 0 spiro atoms. The molecule has 7 heteroatoms. The van der Waals surface area contributed by atoms with Crippen LogP contribution in [0.4, 0.5) is 5.69 Å². The number of alkyl halides is 2. The first-order chi connectivity index (χ1) is 9.08. The van der Waals surface area contributed by atoms with Crippen LogP contribution in [0.5, 0.6) is 0 Å². The van der Waals surface area contributed by atoms with E-state index in [1.807, 2.05) is 24.3 Å². The minimum Gasteiger partial charge on any atom is -1.00 e. The van der Waals surface area contributed by atoms with Gasteiger partial charge < -0.3 is 28.1 Å². The number of benzene rings is 1. The Morgan fingerprint density at radius 1 is 1.20 bits per heavy atom. The van der Waals surface area contributed by atoms with Gasteiger partial charge in [0.05, 0.1) is 0 Å². The summed E-state index contributed by atoms with van der Waals surface area (Å²) in [6.07, 6.45) is 0.320. The SMILES string of the molecule is NC(Cc1ccc(N(CCCl)CCCl)cc1)C(=O)O.[Cl-]. The van der Waals surface area contributed by atoms with E-state index in [-0.39, 0.29) is 12.4 Å². The predicted octanol–water partition coefficient (Wildman–Crippen LogP) is -1.07. The lowest BCUT2D eigenvalue weighted by molar-refractivity contribution is -0.138. The number of carboxylic acids is 1. The van der Waals surface area contributed by atoms with E-state index < -0.39 is 12.0 Å². The van der Waals surface area contributed by atoms with Gasteiger partial charge in [0.15, 0.2) is 0 Å². The lowest BCUT2D eigenvalue weighted by Crippen LogP contribution is -3.00. The van der Waals surface area contributed by atoms with Gasteiger partial charge in [-0.15, -0.1) is 23.2 Å². The molecule has 0 fully saturated rings. The number of nitrogens with zero attached hydrogens (tertiary/aromatic N) is 1. The second-order valence-electron chi connectivity index (χ2n) is 4.18. The van der Waals surface area contributed by atoms with Crippen LogP contribution in [0.1, 0.15) is 5.56 Å². The maximum absolute atomic E-state index is 10.7. The Balaban J connectivity index is 0.00000361. The molecule has 1 rings (SSSR count). The average molecular weight is 341 g/mol. The maximum Gasteiger partial charge on any atom is 0.320 e. The second-order valence-corrected chi connectivity index (χ2v) is 4.94. The van der Waals surface area contributed by atoms with Gasteiger partial charge in [-0.1, -0.05) is 12.1 Å². The summed E-state index contributed by atoms with van der Waals surface area (Å²) in [5, 5.41) is 8.76. The van der Waals surface area contributed by atoms with E-state index in [0.717, 1.165) is 24.3 Å². The Morgan fingerprint density at radius 2 is 1.70 bits per heavy atom. The van der Waals surface area contributed by atoms with Crippen LogP contribution in [0.15, 0.2) is 24.3 Å². The van der Waals surface area contributed by atoms with Crippen molar-refractivity contribution in [1.29, 1.82) is 0 Å². The van der Waals surface area contributed by atoms with Crippen LogP contribution in [0.2, 0.25) is 0 Å². The quantitative estimate of drug-likeness (QED) is 0.592. The third-order valence-corrected chi connectivity index (χ3v) is 3.12. The van der Waals surface area contributed by atoms with Crippen molar-refractivity contribution in [2.45, 2.75) is 12.5 Å². The highest BCUT2D eigenvalue weighted by molar-refractivity contribution is 6.18. The molecule has 20 heavy (non-hydrogen) atoms. The summed E-state index contributed by atoms with van der Waals surface area (Å²) in [6.45, 7) is 1.45. The molecule has 0 bridgehead atoms. The van der Waals surface area contributed by atoms with E-state index in [1.165, 1.54) is 0 Å². The van der Waals surface area contributed by atoms with E-state index in [2.05, 4.69) is 4.90 Å². The van der Waals surface area contributed by atoms with Crippen LogP contribution < -0.4 is 23.0 Å². The zero-order valence-electron chi connectivity index (χ0n) is 10.9. The Kier molecular flexibility index (Phi) is 9.76.